The smallest absolute Gasteiger partial charge is 0.123 e. The molecule has 2 aliphatic carbocycles. The molecule has 74 valence electrons. The highest BCUT2D eigenvalue weighted by molar-refractivity contribution is 5.18. The van der Waals surface area contributed by atoms with Crippen LogP contribution in [0.1, 0.15) is 51.4 Å². The number of ether oxygens (including phenoxy) is 1. The summed E-state index contributed by atoms with van der Waals surface area (Å²) in [7, 11) is 0. The molecule has 0 aromatic heterocycles. The Hall–Kier alpha value is -0.0800. The molecule has 13 heavy (non-hydrogen) atoms. The molecule has 2 nitrogen and oxygen atoms in total. The Labute approximate surface area is 79.3 Å². The summed E-state index contributed by atoms with van der Waals surface area (Å²) in [6.07, 6.45) is 9.57. The highest BCUT2D eigenvalue weighted by atomic mass is 16.6. The SMILES string of the molecule is OC1([C@@]23CCCC[C@@H]2O3)CCCC1. The molecule has 3 fully saturated rings. The van der Waals surface area contributed by atoms with E-state index >= 15 is 0 Å². The highest BCUT2D eigenvalue weighted by Crippen LogP contribution is 2.58. The van der Waals surface area contributed by atoms with Crippen molar-refractivity contribution in [3.05, 3.63) is 0 Å². The summed E-state index contributed by atoms with van der Waals surface area (Å²) in [4.78, 5) is 0. The van der Waals surface area contributed by atoms with Crippen molar-refractivity contribution in [2.45, 2.75) is 68.7 Å². The molecule has 2 heteroatoms. The Morgan fingerprint density at radius 2 is 1.69 bits per heavy atom. The van der Waals surface area contributed by atoms with Crippen LogP contribution in [0, 0.1) is 0 Å². The van der Waals surface area contributed by atoms with Gasteiger partial charge in [-0.1, -0.05) is 25.7 Å². The number of hydrogen-bond acceptors (Lipinski definition) is 2. The largest absolute Gasteiger partial charge is 0.387 e. The van der Waals surface area contributed by atoms with Crippen molar-refractivity contribution >= 4 is 0 Å². The summed E-state index contributed by atoms with van der Waals surface area (Å²) in [5.41, 5.74) is -0.528. The van der Waals surface area contributed by atoms with Crippen LogP contribution >= 0.6 is 0 Å². The van der Waals surface area contributed by atoms with E-state index in [-0.39, 0.29) is 5.60 Å². The van der Waals surface area contributed by atoms with Crippen LogP contribution in [0.4, 0.5) is 0 Å². The maximum atomic E-state index is 10.5. The van der Waals surface area contributed by atoms with Gasteiger partial charge in [0.1, 0.15) is 5.60 Å². The molecule has 0 spiro atoms. The molecule has 1 aliphatic heterocycles. The van der Waals surface area contributed by atoms with Crippen molar-refractivity contribution in [2.24, 2.45) is 0 Å². The van der Waals surface area contributed by atoms with Crippen LogP contribution in [-0.2, 0) is 4.74 Å². The molecule has 1 N–H and O–H groups in total. The van der Waals surface area contributed by atoms with E-state index < -0.39 is 5.60 Å². The molecule has 2 atom stereocenters. The first kappa shape index (κ1) is 8.25. The van der Waals surface area contributed by atoms with Gasteiger partial charge < -0.3 is 9.84 Å². The van der Waals surface area contributed by atoms with Gasteiger partial charge in [0.2, 0.25) is 0 Å². The van der Waals surface area contributed by atoms with Crippen LogP contribution in [0.15, 0.2) is 0 Å². The van der Waals surface area contributed by atoms with E-state index in [0.717, 1.165) is 19.3 Å². The summed E-state index contributed by atoms with van der Waals surface area (Å²) >= 11 is 0. The van der Waals surface area contributed by atoms with Crippen molar-refractivity contribution in [3.63, 3.8) is 0 Å². The van der Waals surface area contributed by atoms with E-state index in [1.165, 1.54) is 32.1 Å². The topological polar surface area (TPSA) is 32.8 Å². The molecule has 0 radical (unpaired) electrons. The minimum atomic E-state index is -0.446. The molecular weight excluding hydrogens is 164 g/mol. The second-order valence-electron chi connectivity index (χ2n) is 4.98. The number of hydrogen-bond donors (Lipinski definition) is 1. The van der Waals surface area contributed by atoms with E-state index in [2.05, 4.69) is 0 Å². The van der Waals surface area contributed by atoms with Crippen LogP contribution in [0.2, 0.25) is 0 Å². The summed E-state index contributed by atoms with van der Waals surface area (Å²) in [6.45, 7) is 0. The second kappa shape index (κ2) is 2.48. The Bertz CT molecular complexity index is 220. The zero-order valence-electron chi connectivity index (χ0n) is 8.09. The van der Waals surface area contributed by atoms with Gasteiger partial charge in [0, 0.05) is 0 Å². The van der Waals surface area contributed by atoms with Crippen LogP contribution in [0.3, 0.4) is 0 Å². The summed E-state index contributed by atoms with van der Waals surface area (Å²) in [5.74, 6) is 0. The van der Waals surface area contributed by atoms with Crippen molar-refractivity contribution in [2.75, 3.05) is 0 Å². The Kier molecular flexibility index (Phi) is 1.58. The number of rotatable bonds is 1. The first-order chi connectivity index (χ1) is 6.27. The van der Waals surface area contributed by atoms with Gasteiger partial charge >= 0.3 is 0 Å². The third-order valence-electron chi connectivity index (χ3n) is 4.30. The standard InChI is InChI=1S/C11H18O2/c12-10(6-3-4-7-10)11-8-2-1-5-9(11)13-11/h9,12H,1-8H2/t9-,11+/m0/s1. The Morgan fingerprint density at radius 1 is 1.00 bits per heavy atom. The molecular formula is C11H18O2. The molecule has 3 aliphatic rings. The van der Waals surface area contributed by atoms with Crippen molar-refractivity contribution in [3.8, 4) is 0 Å². The summed E-state index contributed by atoms with van der Waals surface area (Å²) < 4.78 is 5.80. The lowest BCUT2D eigenvalue weighted by Gasteiger charge is -2.32. The molecule has 0 bridgehead atoms. The lowest BCUT2D eigenvalue weighted by Crippen LogP contribution is -2.45. The van der Waals surface area contributed by atoms with Gasteiger partial charge in [0.25, 0.3) is 0 Å². The van der Waals surface area contributed by atoms with Gasteiger partial charge in [-0.15, -0.1) is 0 Å². The highest BCUT2D eigenvalue weighted by Gasteiger charge is 2.68. The van der Waals surface area contributed by atoms with E-state index in [1.807, 2.05) is 0 Å². The third kappa shape index (κ3) is 0.962. The van der Waals surface area contributed by atoms with Crippen LogP contribution in [-0.4, -0.2) is 22.4 Å². The fraction of sp³-hybridized carbons (Fsp3) is 1.00. The maximum absolute atomic E-state index is 10.5. The fourth-order valence-electron chi connectivity index (χ4n) is 3.47. The fourth-order valence-corrected chi connectivity index (χ4v) is 3.47. The van der Waals surface area contributed by atoms with Crippen molar-refractivity contribution in [1.82, 2.24) is 0 Å². The monoisotopic (exact) mass is 182 g/mol. The molecule has 1 heterocycles. The lowest BCUT2D eigenvalue weighted by molar-refractivity contribution is -0.0379. The van der Waals surface area contributed by atoms with E-state index in [1.54, 1.807) is 0 Å². The van der Waals surface area contributed by atoms with Crippen molar-refractivity contribution < 1.29 is 9.84 Å². The van der Waals surface area contributed by atoms with E-state index in [0.29, 0.717) is 6.10 Å². The minimum absolute atomic E-state index is 0.0816. The predicted octanol–water partition coefficient (Wildman–Crippen LogP) is 2.00. The zero-order valence-corrected chi connectivity index (χ0v) is 8.09. The number of fused-ring (bicyclic) bond motifs is 1. The minimum Gasteiger partial charge on any atom is -0.387 e. The predicted molar refractivity (Wildman–Crippen MR) is 49.5 cm³/mol. The average Bonchev–Trinajstić information content (AvgIpc) is 2.76. The van der Waals surface area contributed by atoms with Crippen LogP contribution in [0.25, 0.3) is 0 Å². The summed E-state index contributed by atoms with van der Waals surface area (Å²) in [6, 6.07) is 0. The van der Waals surface area contributed by atoms with E-state index in [9.17, 15) is 5.11 Å². The first-order valence-electron chi connectivity index (χ1n) is 5.67. The molecule has 3 rings (SSSR count). The molecule has 2 saturated carbocycles. The second-order valence-corrected chi connectivity index (χ2v) is 4.98. The Balaban J connectivity index is 1.83. The zero-order chi connectivity index (χ0) is 8.94. The van der Waals surface area contributed by atoms with Gasteiger partial charge in [0.15, 0.2) is 0 Å². The molecule has 1 saturated heterocycles. The Morgan fingerprint density at radius 3 is 2.38 bits per heavy atom. The molecule has 0 amide bonds. The normalized spacial score (nSPS) is 47.3. The summed E-state index contributed by atoms with van der Waals surface area (Å²) in [5, 5.41) is 10.5. The molecule has 0 unspecified atom stereocenters. The van der Waals surface area contributed by atoms with Crippen LogP contribution in [0.5, 0.6) is 0 Å². The third-order valence-corrected chi connectivity index (χ3v) is 4.30. The number of epoxide rings is 1. The van der Waals surface area contributed by atoms with E-state index in [4.69, 9.17) is 4.74 Å². The lowest BCUT2D eigenvalue weighted by atomic mass is 9.75. The van der Waals surface area contributed by atoms with Crippen LogP contribution < -0.4 is 0 Å². The average molecular weight is 182 g/mol. The van der Waals surface area contributed by atoms with Crippen molar-refractivity contribution in [1.29, 1.82) is 0 Å². The molecule has 0 aromatic rings. The molecule has 0 aromatic carbocycles. The van der Waals surface area contributed by atoms with Gasteiger partial charge in [0.05, 0.1) is 11.7 Å². The van der Waals surface area contributed by atoms with Gasteiger partial charge in [-0.2, -0.15) is 0 Å². The maximum Gasteiger partial charge on any atom is 0.123 e. The first-order valence-corrected chi connectivity index (χ1v) is 5.67. The number of aliphatic hydroxyl groups is 1. The van der Waals surface area contributed by atoms with Gasteiger partial charge in [-0.3, -0.25) is 0 Å². The van der Waals surface area contributed by atoms with Gasteiger partial charge in [-0.25, -0.2) is 0 Å². The quantitative estimate of drug-likeness (QED) is 0.629. The van der Waals surface area contributed by atoms with Gasteiger partial charge in [-0.05, 0) is 25.7 Å².